The molecule has 1 aromatic carbocycles. The highest BCUT2D eigenvalue weighted by molar-refractivity contribution is 9.10. The molecule has 0 spiro atoms. The highest BCUT2D eigenvalue weighted by Crippen LogP contribution is 2.32. The first-order valence-electron chi connectivity index (χ1n) is 7.46. The first kappa shape index (κ1) is 15.1. The van der Waals surface area contributed by atoms with Crippen molar-refractivity contribution in [3.8, 4) is 0 Å². The summed E-state index contributed by atoms with van der Waals surface area (Å²) in [6.07, 6.45) is 1.28. The first-order chi connectivity index (χ1) is 9.90. The zero-order valence-electron chi connectivity index (χ0n) is 12.8. The molecule has 1 saturated heterocycles. The van der Waals surface area contributed by atoms with Gasteiger partial charge < -0.3 is 14.5 Å². The normalized spacial score (nSPS) is 23.6. The van der Waals surface area contributed by atoms with Crippen LogP contribution in [0.2, 0.25) is 0 Å². The molecule has 0 radical (unpaired) electrons. The molecule has 0 saturated carbocycles. The number of hydrogen-bond acceptors (Lipinski definition) is 3. The Kier molecular flexibility index (Phi) is 4.12. The zero-order chi connectivity index (χ0) is 15.0. The Balaban J connectivity index is 1.78. The van der Waals surface area contributed by atoms with Crippen molar-refractivity contribution < 1.29 is 9.15 Å². The number of nitrogens with one attached hydrogen (secondary N) is 1. The topological polar surface area (TPSA) is 34.4 Å². The second-order valence-corrected chi connectivity index (χ2v) is 7.92. The Labute approximate surface area is 134 Å². The molecule has 2 unspecified atom stereocenters. The molecule has 1 aliphatic heterocycles. The van der Waals surface area contributed by atoms with Crippen LogP contribution in [0.3, 0.4) is 0 Å². The van der Waals surface area contributed by atoms with Gasteiger partial charge in [0.05, 0.1) is 6.10 Å². The van der Waals surface area contributed by atoms with Gasteiger partial charge in [0, 0.05) is 22.9 Å². The van der Waals surface area contributed by atoms with Crippen LogP contribution in [0.1, 0.15) is 39.1 Å². The average molecular weight is 352 g/mol. The van der Waals surface area contributed by atoms with Crippen molar-refractivity contribution in [3.05, 3.63) is 34.5 Å². The van der Waals surface area contributed by atoms with E-state index in [4.69, 9.17) is 9.15 Å². The molecule has 1 aliphatic rings. The van der Waals surface area contributed by atoms with Crippen molar-refractivity contribution in [1.29, 1.82) is 0 Å². The highest BCUT2D eigenvalue weighted by atomic mass is 79.9. The molecule has 2 heterocycles. The summed E-state index contributed by atoms with van der Waals surface area (Å²) >= 11 is 3.49. The number of rotatable bonds is 2. The van der Waals surface area contributed by atoms with Gasteiger partial charge in [0.25, 0.3) is 0 Å². The number of halogens is 1. The zero-order valence-corrected chi connectivity index (χ0v) is 14.4. The fourth-order valence-electron chi connectivity index (χ4n) is 2.87. The monoisotopic (exact) mass is 351 g/mol. The summed E-state index contributed by atoms with van der Waals surface area (Å²) in [5.41, 5.74) is 1.18. The third-order valence-corrected chi connectivity index (χ3v) is 4.21. The van der Waals surface area contributed by atoms with Crippen molar-refractivity contribution >= 4 is 26.9 Å². The van der Waals surface area contributed by atoms with Gasteiger partial charge in [0.1, 0.15) is 17.4 Å². The van der Waals surface area contributed by atoms with Crippen molar-refractivity contribution in [2.45, 2.75) is 39.4 Å². The van der Waals surface area contributed by atoms with Crippen molar-refractivity contribution in [2.24, 2.45) is 5.41 Å². The predicted molar refractivity (Wildman–Crippen MR) is 88.5 cm³/mol. The Morgan fingerprint density at radius 1 is 1.24 bits per heavy atom. The summed E-state index contributed by atoms with van der Waals surface area (Å²) in [5, 5.41) is 4.58. The highest BCUT2D eigenvalue weighted by Gasteiger charge is 2.28. The molecule has 1 fully saturated rings. The quantitative estimate of drug-likeness (QED) is 0.854. The van der Waals surface area contributed by atoms with E-state index in [0.717, 1.165) is 40.7 Å². The van der Waals surface area contributed by atoms with Crippen LogP contribution in [0, 0.1) is 5.41 Å². The van der Waals surface area contributed by atoms with Gasteiger partial charge in [-0.1, -0.05) is 36.7 Å². The first-order valence-corrected chi connectivity index (χ1v) is 8.25. The fourth-order valence-corrected chi connectivity index (χ4v) is 3.25. The summed E-state index contributed by atoms with van der Waals surface area (Å²) in [6, 6.07) is 8.15. The fraction of sp³-hybridized carbons (Fsp3) is 0.529. The van der Waals surface area contributed by atoms with Gasteiger partial charge in [-0.3, -0.25) is 0 Å². The molecular weight excluding hydrogens is 330 g/mol. The minimum atomic E-state index is -0.00252. The number of furan rings is 1. The second-order valence-electron chi connectivity index (χ2n) is 7.00. The van der Waals surface area contributed by atoms with Crippen LogP contribution in [0.15, 0.2) is 33.2 Å². The molecule has 1 N–H and O–H groups in total. The maximum absolute atomic E-state index is 6.24. The van der Waals surface area contributed by atoms with Crippen molar-refractivity contribution in [2.75, 3.05) is 13.1 Å². The maximum Gasteiger partial charge on any atom is 0.135 e. The number of ether oxygens (including phenoxy) is 1. The number of morpholine rings is 1. The van der Waals surface area contributed by atoms with E-state index in [1.54, 1.807) is 0 Å². The van der Waals surface area contributed by atoms with E-state index in [0.29, 0.717) is 0 Å². The van der Waals surface area contributed by atoms with Gasteiger partial charge >= 0.3 is 0 Å². The van der Waals surface area contributed by atoms with E-state index in [2.05, 4.69) is 54.2 Å². The lowest BCUT2D eigenvalue weighted by molar-refractivity contribution is -0.0632. The van der Waals surface area contributed by atoms with Crippen LogP contribution in [0.25, 0.3) is 11.0 Å². The lowest BCUT2D eigenvalue weighted by Gasteiger charge is -2.33. The minimum Gasteiger partial charge on any atom is -0.458 e. The Hall–Kier alpha value is -0.840. The van der Waals surface area contributed by atoms with Gasteiger partial charge in [0.15, 0.2) is 0 Å². The average Bonchev–Trinajstić information content (AvgIpc) is 2.80. The molecule has 4 heteroatoms. The van der Waals surface area contributed by atoms with E-state index in [9.17, 15) is 0 Å². The van der Waals surface area contributed by atoms with Crippen LogP contribution in [-0.4, -0.2) is 19.2 Å². The number of fused-ring (bicyclic) bond motifs is 1. The van der Waals surface area contributed by atoms with Gasteiger partial charge in [-0.2, -0.15) is 0 Å². The molecular formula is C17H22BrNO2. The molecule has 0 bridgehead atoms. The molecule has 1 aromatic heterocycles. The predicted octanol–water partition coefficient (Wildman–Crippen LogP) is 4.66. The summed E-state index contributed by atoms with van der Waals surface area (Å²) in [7, 11) is 0. The van der Waals surface area contributed by atoms with Crippen molar-refractivity contribution in [1.82, 2.24) is 5.32 Å². The standard InChI is InChI=1S/C17H22BrNO2/c1-17(2,3)8-13-9-19-10-16(20-13)15-7-11-6-12(18)4-5-14(11)21-15/h4-7,13,16,19H,8-10H2,1-3H3. The third-order valence-electron chi connectivity index (χ3n) is 3.71. The van der Waals surface area contributed by atoms with Crippen LogP contribution < -0.4 is 5.32 Å². The van der Waals surface area contributed by atoms with E-state index < -0.39 is 0 Å². The van der Waals surface area contributed by atoms with E-state index in [1.807, 2.05) is 12.1 Å². The Morgan fingerprint density at radius 2 is 2.05 bits per heavy atom. The van der Waals surface area contributed by atoms with E-state index in [1.165, 1.54) is 0 Å². The maximum atomic E-state index is 6.24. The van der Waals surface area contributed by atoms with Crippen LogP contribution in [0.5, 0.6) is 0 Å². The summed E-state index contributed by atoms with van der Waals surface area (Å²) in [6.45, 7) is 8.47. The van der Waals surface area contributed by atoms with Gasteiger partial charge in [0.2, 0.25) is 0 Å². The van der Waals surface area contributed by atoms with Crippen molar-refractivity contribution in [3.63, 3.8) is 0 Å². The van der Waals surface area contributed by atoms with Crippen LogP contribution >= 0.6 is 15.9 Å². The lowest BCUT2D eigenvalue weighted by Crippen LogP contribution is -2.42. The molecule has 3 rings (SSSR count). The van der Waals surface area contributed by atoms with Gasteiger partial charge in [-0.15, -0.1) is 0 Å². The largest absolute Gasteiger partial charge is 0.458 e. The molecule has 0 aliphatic carbocycles. The van der Waals surface area contributed by atoms with E-state index >= 15 is 0 Å². The number of hydrogen-bond donors (Lipinski definition) is 1. The van der Waals surface area contributed by atoms with E-state index in [-0.39, 0.29) is 17.6 Å². The molecule has 21 heavy (non-hydrogen) atoms. The second kappa shape index (κ2) is 5.75. The number of benzene rings is 1. The summed E-state index contributed by atoms with van der Waals surface area (Å²) in [4.78, 5) is 0. The molecule has 3 nitrogen and oxygen atoms in total. The van der Waals surface area contributed by atoms with Crippen LogP contribution in [0.4, 0.5) is 0 Å². The van der Waals surface area contributed by atoms with Gasteiger partial charge in [-0.05, 0) is 36.1 Å². The van der Waals surface area contributed by atoms with Crippen LogP contribution in [-0.2, 0) is 4.74 Å². The molecule has 114 valence electrons. The minimum absolute atomic E-state index is 0.00252. The summed E-state index contributed by atoms with van der Waals surface area (Å²) < 4.78 is 13.3. The molecule has 2 atom stereocenters. The third kappa shape index (κ3) is 3.68. The Bertz CT molecular complexity index is 629. The lowest BCUT2D eigenvalue weighted by atomic mass is 9.88. The molecule has 2 aromatic rings. The Morgan fingerprint density at radius 3 is 2.81 bits per heavy atom. The SMILES string of the molecule is CC(C)(C)CC1CNCC(c2cc3cc(Br)ccc3o2)O1. The summed E-state index contributed by atoms with van der Waals surface area (Å²) in [5.74, 6) is 0.911. The van der Waals surface area contributed by atoms with Gasteiger partial charge in [-0.25, -0.2) is 0 Å². The smallest absolute Gasteiger partial charge is 0.135 e. The molecule has 0 amide bonds.